The van der Waals surface area contributed by atoms with E-state index in [-0.39, 0.29) is 5.69 Å². The summed E-state index contributed by atoms with van der Waals surface area (Å²) in [6, 6.07) is 14.4. The second-order valence-corrected chi connectivity index (χ2v) is 8.24. The summed E-state index contributed by atoms with van der Waals surface area (Å²) in [4.78, 5) is 27.0. The van der Waals surface area contributed by atoms with Crippen LogP contribution in [0.25, 0.3) is 11.2 Å². The largest absolute Gasteiger partial charge is 0.496 e. The Hall–Kier alpha value is -4.25. The number of anilines is 2. The van der Waals surface area contributed by atoms with Gasteiger partial charge < -0.3 is 24.8 Å². The van der Waals surface area contributed by atoms with Crippen LogP contribution < -0.4 is 20.3 Å². The van der Waals surface area contributed by atoms with Gasteiger partial charge in [0.1, 0.15) is 5.75 Å². The smallest absolute Gasteiger partial charge is 0.269 e. The second-order valence-electron chi connectivity index (χ2n) is 8.24. The van der Waals surface area contributed by atoms with Gasteiger partial charge in [0.2, 0.25) is 5.95 Å². The van der Waals surface area contributed by atoms with Crippen LogP contribution >= 0.6 is 0 Å². The Morgan fingerprint density at radius 1 is 1.11 bits per heavy atom. The molecule has 35 heavy (non-hydrogen) atoms. The number of methoxy groups -OCH3 is 1. The Labute approximate surface area is 201 Å². The number of rotatable bonds is 8. The first kappa shape index (κ1) is 22.5. The van der Waals surface area contributed by atoms with Gasteiger partial charge in [0.25, 0.3) is 5.69 Å². The minimum absolute atomic E-state index is 0.0652. The molecule has 0 saturated carbocycles. The van der Waals surface area contributed by atoms with Crippen molar-refractivity contribution in [3.8, 4) is 5.75 Å². The number of non-ortho nitro benzene ring substituents is 1. The van der Waals surface area contributed by atoms with Crippen LogP contribution in [0.2, 0.25) is 0 Å². The molecule has 11 nitrogen and oxygen atoms in total. The first-order valence-electron chi connectivity index (χ1n) is 11.4. The molecule has 1 aliphatic rings. The summed E-state index contributed by atoms with van der Waals surface area (Å²) in [7, 11) is 1.66. The molecular formula is C24H26N8O3. The maximum Gasteiger partial charge on any atom is 0.269 e. The van der Waals surface area contributed by atoms with E-state index in [9.17, 15) is 10.1 Å². The maximum atomic E-state index is 11.0. The lowest BCUT2D eigenvalue weighted by Crippen LogP contribution is -2.44. The van der Waals surface area contributed by atoms with Crippen LogP contribution in [0.4, 0.5) is 17.5 Å². The third-order valence-electron chi connectivity index (χ3n) is 5.99. The molecule has 2 aromatic carbocycles. The Balaban J connectivity index is 1.49. The van der Waals surface area contributed by atoms with Gasteiger partial charge in [0, 0.05) is 50.4 Å². The third kappa shape index (κ3) is 4.85. The van der Waals surface area contributed by atoms with E-state index in [1.165, 1.54) is 12.1 Å². The first-order chi connectivity index (χ1) is 17.1. The van der Waals surface area contributed by atoms with Crippen molar-refractivity contribution < 1.29 is 9.66 Å². The van der Waals surface area contributed by atoms with Crippen molar-refractivity contribution in [2.24, 2.45) is 0 Å². The molecule has 0 aliphatic carbocycles. The van der Waals surface area contributed by atoms with Crippen molar-refractivity contribution in [1.29, 1.82) is 0 Å². The normalized spacial score (nSPS) is 13.7. The summed E-state index contributed by atoms with van der Waals surface area (Å²) in [6.07, 6.45) is 1.73. The molecule has 2 aromatic heterocycles. The van der Waals surface area contributed by atoms with Crippen LogP contribution in [-0.2, 0) is 13.1 Å². The van der Waals surface area contributed by atoms with Gasteiger partial charge in [0.05, 0.1) is 24.9 Å². The molecule has 1 saturated heterocycles. The van der Waals surface area contributed by atoms with Crippen molar-refractivity contribution in [2.45, 2.75) is 13.1 Å². The molecule has 0 amide bonds. The van der Waals surface area contributed by atoms with Crippen molar-refractivity contribution in [3.63, 3.8) is 0 Å². The number of hydrogen-bond acceptors (Lipinski definition) is 9. The van der Waals surface area contributed by atoms with Crippen LogP contribution in [0.5, 0.6) is 5.75 Å². The van der Waals surface area contributed by atoms with E-state index in [4.69, 9.17) is 14.7 Å². The molecule has 0 spiro atoms. The van der Waals surface area contributed by atoms with Gasteiger partial charge in [0.15, 0.2) is 17.0 Å². The molecule has 1 aliphatic heterocycles. The average molecular weight is 475 g/mol. The van der Waals surface area contributed by atoms with E-state index in [1.54, 1.807) is 25.6 Å². The predicted molar refractivity (Wildman–Crippen MR) is 133 cm³/mol. The summed E-state index contributed by atoms with van der Waals surface area (Å²) >= 11 is 0. The highest BCUT2D eigenvalue weighted by molar-refractivity contribution is 5.84. The fraction of sp³-hybridized carbons (Fsp3) is 0.292. The lowest BCUT2D eigenvalue weighted by molar-refractivity contribution is -0.384. The standard InChI is InChI=1S/C24H26N8O3/c1-35-20-5-3-2-4-18(20)14-26-22-21-23(29-24(28-22)30-12-10-25-11-13-30)31(16-27-21)15-17-6-8-19(9-7-17)32(33)34/h2-9,16,25H,10-15H2,1H3,(H,26,28,29). The summed E-state index contributed by atoms with van der Waals surface area (Å²) < 4.78 is 7.43. The minimum atomic E-state index is -0.400. The highest BCUT2D eigenvalue weighted by atomic mass is 16.6. The molecule has 0 atom stereocenters. The molecule has 0 unspecified atom stereocenters. The van der Waals surface area contributed by atoms with Gasteiger partial charge in [-0.1, -0.05) is 30.3 Å². The Morgan fingerprint density at radius 3 is 2.63 bits per heavy atom. The summed E-state index contributed by atoms with van der Waals surface area (Å²) in [6.45, 7) is 4.37. The number of fused-ring (bicyclic) bond motifs is 1. The number of nitro groups is 1. The van der Waals surface area contributed by atoms with Crippen LogP contribution in [-0.4, -0.2) is 57.7 Å². The number of ether oxygens (including phenoxy) is 1. The van der Waals surface area contributed by atoms with E-state index in [1.807, 2.05) is 28.8 Å². The maximum absolute atomic E-state index is 11.0. The van der Waals surface area contributed by atoms with Crippen molar-refractivity contribution in [1.82, 2.24) is 24.8 Å². The van der Waals surface area contributed by atoms with Crippen LogP contribution in [0.15, 0.2) is 54.9 Å². The minimum Gasteiger partial charge on any atom is -0.496 e. The topological polar surface area (TPSA) is 123 Å². The quantitative estimate of drug-likeness (QED) is 0.293. The molecule has 4 aromatic rings. The van der Waals surface area contributed by atoms with E-state index in [2.05, 4.69) is 20.5 Å². The van der Waals surface area contributed by atoms with Crippen LogP contribution in [0.1, 0.15) is 11.1 Å². The highest BCUT2D eigenvalue weighted by Crippen LogP contribution is 2.26. The zero-order valence-electron chi connectivity index (χ0n) is 19.3. The lowest BCUT2D eigenvalue weighted by Gasteiger charge is -2.27. The van der Waals surface area contributed by atoms with Gasteiger partial charge in [-0.2, -0.15) is 9.97 Å². The fourth-order valence-electron chi connectivity index (χ4n) is 4.13. The van der Waals surface area contributed by atoms with Gasteiger partial charge in [-0.3, -0.25) is 10.1 Å². The van der Waals surface area contributed by atoms with Gasteiger partial charge >= 0.3 is 0 Å². The number of benzene rings is 2. The number of imidazole rings is 1. The average Bonchev–Trinajstić information content (AvgIpc) is 3.31. The molecule has 0 bridgehead atoms. The Kier molecular flexibility index (Phi) is 6.40. The molecule has 1 fully saturated rings. The van der Waals surface area contributed by atoms with E-state index < -0.39 is 4.92 Å². The molecule has 180 valence electrons. The molecule has 3 heterocycles. The Bertz CT molecular complexity index is 1330. The zero-order chi connectivity index (χ0) is 24.2. The van der Waals surface area contributed by atoms with Crippen molar-refractivity contribution in [3.05, 3.63) is 76.1 Å². The number of para-hydroxylation sites is 1. The van der Waals surface area contributed by atoms with Crippen LogP contribution in [0, 0.1) is 10.1 Å². The summed E-state index contributed by atoms with van der Waals surface area (Å²) in [5.41, 5.74) is 3.36. The fourth-order valence-corrected chi connectivity index (χ4v) is 4.13. The number of nitrogens with zero attached hydrogens (tertiary/aromatic N) is 6. The van der Waals surface area contributed by atoms with Crippen molar-refractivity contribution in [2.75, 3.05) is 43.5 Å². The number of aromatic nitrogens is 4. The summed E-state index contributed by atoms with van der Waals surface area (Å²) in [5, 5.41) is 17.8. The van der Waals surface area contributed by atoms with Gasteiger partial charge in [-0.05, 0) is 11.6 Å². The first-order valence-corrected chi connectivity index (χ1v) is 11.4. The van der Waals surface area contributed by atoms with E-state index in [0.29, 0.717) is 36.0 Å². The number of nitrogens with one attached hydrogen (secondary N) is 2. The Morgan fingerprint density at radius 2 is 1.89 bits per heavy atom. The molecule has 11 heteroatoms. The molecular weight excluding hydrogens is 448 g/mol. The molecule has 2 N–H and O–H groups in total. The van der Waals surface area contributed by atoms with E-state index in [0.717, 1.165) is 43.1 Å². The molecule has 0 radical (unpaired) electrons. The van der Waals surface area contributed by atoms with Crippen LogP contribution in [0.3, 0.4) is 0 Å². The number of hydrogen-bond donors (Lipinski definition) is 2. The predicted octanol–water partition coefficient (Wildman–Crippen LogP) is 2.81. The molecule has 5 rings (SSSR count). The monoisotopic (exact) mass is 474 g/mol. The third-order valence-corrected chi connectivity index (χ3v) is 5.99. The highest BCUT2D eigenvalue weighted by Gasteiger charge is 2.19. The summed E-state index contributed by atoms with van der Waals surface area (Å²) in [5.74, 6) is 2.10. The van der Waals surface area contributed by atoms with E-state index >= 15 is 0 Å². The number of nitro benzene ring substituents is 1. The second kappa shape index (κ2) is 9.94. The van der Waals surface area contributed by atoms with Crippen molar-refractivity contribution >= 4 is 28.6 Å². The zero-order valence-corrected chi connectivity index (χ0v) is 19.3. The van der Waals surface area contributed by atoms with Gasteiger partial charge in [-0.15, -0.1) is 0 Å². The van der Waals surface area contributed by atoms with Gasteiger partial charge in [-0.25, -0.2) is 4.98 Å². The number of piperazine rings is 1. The lowest BCUT2D eigenvalue weighted by atomic mass is 10.2. The SMILES string of the molecule is COc1ccccc1CNc1nc(N2CCNCC2)nc2c1ncn2Cc1ccc([N+](=O)[O-])cc1.